The van der Waals surface area contributed by atoms with Crippen LogP contribution in [-0.4, -0.2) is 42.9 Å². The second-order valence-electron chi connectivity index (χ2n) is 3.80. The summed E-state index contributed by atoms with van der Waals surface area (Å²) >= 11 is 0. The molecule has 1 atom stereocenters. The summed E-state index contributed by atoms with van der Waals surface area (Å²) in [7, 11) is 0. The highest BCUT2D eigenvalue weighted by Gasteiger charge is 2.14. The normalized spacial score (nSPS) is 19.9. The third-order valence-electron chi connectivity index (χ3n) is 2.47. The minimum atomic E-state index is 0.577. The lowest BCUT2D eigenvalue weighted by molar-refractivity contribution is 0.0964. The monoisotopic (exact) mass is 223 g/mol. The summed E-state index contributed by atoms with van der Waals surface area (Å²) in [5.74, 6) is 1.23. The van der Waals surface area contributed by atoms with Crippen molar-refractivity contribution in [2.75, 3.05) is 38.3 Å². The number of nitrogens with one attached hydrogen (secondary N) is 1. The lowest BCUT2D eigenvalue weighted by atomic mass is 10.1. The highest BCUT2D eigenvalue weighted by Crippen LogP contribution is 2.11. The van der Waals surface area contributed by atoms with E-state index in [1.54, 1.807) is 18.5 Å². The molecule has 0 radical (unpaired) electrons. The topological polar surface area (TPSA) is 56.3 Å². The number of hydrogen-bond donors (Lipinski definition) is 1. The Morgan fingerprint density at radius 3 is 3.06 bits per heavy atom. The zero-order valence-electron chi connectivity index (χ0n) is 9.26. The number of hydrogen-bond acceptors (Lipinski definition) is 5. The van der Waals surface area contributed by atoms with Gasteiger partial charge in [0.25, 0.3) is 0 Å². The zero-order chi connectivity index (χ0) is 11.1. The van der Waals surface area contributed by atoms with Gasteiger partial charge >= 0.3 is 0 Å². The van der Waals surface area contributed by atoms with Gasteiger partial charge in [0.1, 0.15) is 0 Å². The zero-order valence-corrected chi connectivity index (χ0v) is 9.26. The first-order chi connectivity index (χ1) is 7.95. The molecule has 0 bridgehead atoms. The first-order valence-corrected chi connectivity index (χ1v) is 5.61. The fraction of sp³-hybridized carbons (Fsp3) is 0.636. The molecule has 88 valence electrons. The minimum Gasteiger partial charge on any atom is -0.381 e. The van der Waals surface area contributed by atoms with Gasteiger partial charge in [-0.05, 0) is 12.5 Å². The van der Waals surface area contributed by atoms with Gasteiger partial charge in [-0.3, -0.25) is 0 Å². The van der Waals surface area contributed by atoms with Crippen LogP contribution in [0.3, 0.4) is 0 Å². The lowest BCUT2D eigenvalue weighted by Crippen LogP contribution is -2.15. The van der Waals surface area contributed by atoms with Crippen LogP contribution in [0.25, 0.3) is 0 Å². The van der Waals surface area contributed by atoms with Crippen molar-refractivity contribution in [3.63, 3.8) is 0 Å². The van der Waals surface area contributed by atoms with E-state index in [2.05, 4.69) is 15.3 Å². The van der Waals surface area contributed by atoms with E-state index in [0.717, 1.165) is 32.8 Å². The van der Waals surface area contributed by atoms with Crippen LogP contribution in [0.2, 0.25) is 0 Å². The Hall–Kier alpha value is -1.20. The van der Waals surface area contributed by atoms with Crippen molar-refractivity contribution in [2.24, 2.45) is 5.92 Å². The van der Waals surface area contributed by atoms with Crippen LogP contribution in [0.5, 0.6) is 0 Å². The average molecular weight is 223 g/mol. The molecule has 1 fully saturated rings. The molecule has 1 aliphatic rings. The first kappa shape index (κ1) is 11.3. The number of ether oxygens (including phenoxy) is 2. The van der Waals surface area contributed by atoms with Crippen molar-refractivity contribution in [1.82, 2.24) is 9.97 Å². The summed E-state index contributed by atoms with van der Waals surface area (Å²) in [6.07, 6.45) is 4.55. The predicted octanol–water partition coefficient (Wildman–Crippen LogP) is 0.942. The van der Waals surface area contributed by atoms with E-state index in [9.17, 15) is 0 Å². The number of anilines is 1. The van der Waals surface area contributed by atoms with Crippen LogP contribution >= 0.6 is 0 Å². The van der Waals surface area contributed by atoms with E-state index >= 15 is 0 Å². The van der Waals surface area contributed by atoms with Crippen molar-refractivity contribution >= 4 is 5.95 Å². The molecule has 1 aromatic rings. The lowest BCUT2D eigenvalue weighted by Gasteiger charge is -2.09. The predicted molar refractivity (Wildman–Crippen MR) is 60.3 cm³/mol. The summed E-state index contributed by atoms with van der Waals surface area (Å²) in [5.41, 5.74) is 0. The van der Waals surface area contributed by atoms with E-state index in [-0.39, 0.29) is 0 Å². The summed E-state index contributed by atoms with van der Waals surface area (Å²) in [6, 6.07) is 1.79. The third-order valence-corrected chi connectivity index (χ3v) is 2.47. The van der Waals surface area contributed by atoms with Gasteiger partial charge in [0.15, 0.2) is 0 Å². The second kappa shape index (κ2) is 6.40. The summed E-state index contributed by atoms with van der Waals surface area (Å²) in [5, 5.41) is 3.09. The van der Waals surface area contributed by atoms with E-state index in [1.165, 1.54) is 0 Å². The third kappa shape index (κ3) is 3.75. The quantitative estimate of drug-likeness (QED) is 0.727. The van der Waals surface area contributed by atoms with Crippen LogP contribution in [-0.2, 0) is 9.47 Å². The number of nitrogens with zero attached hydrogens (tertiary/aromatic N) is 2. The van der Waals surface area contributed by atoms with Gasteiger partial charge in [0.2, 0.25) is 5.95 Å². The molecule has 0 saturated carbocycles. The van der Waals surface area contributed by atoms with E-state index in [0.29, 0.717) is 18.5 Å². The molecule has 5 heteroatoms. The van der Waals surface area contributed by atoms with E-state index < -0.39 is 0 Å². The summed E-state index contributed by atoms with van der Waals surface area (Å²) in [6.45, 7) is 3.92. The van der Waals surface area contributed by atoms with Crippen LogP contribution in [0.4, 0.5) is 5.95 Å². The Balaban J connectivity index is 1.52. The molecule has 2 heterocycles. The van der Waals surface area contributed by atoms with Crippen molar-refractivity contribution < 1.29 is 9.47 Å². The maximum atomic E-state index is 5.54. The minimum absolute atomic E-state index is 0.577. The van der Waals surface area contributed by atoms with Gasteiger partial charge in [0, 0.05) is 31.5 Å². The van der Waals surface area contributed by atoms with E-state index in [4.69, 9.17) is 9.47 Å². The Kier molecular flexibility index (Phi) is 4.51. The van der Waals surface area contributed by atoms with Crippen molar-refractivity contribution in [3.8, 4) is 0 Å². The molecule has 1 aliphatic heterocycles. The molecule has 16 heavy (non-hydrogen) atoms. The first-order valence-electron chi connectivity index (χ1n) is 5.61. The van der Waals surface area contributed by atoms with Gasteiger partial charge < -0.3 is 14.8 Å². The molecular weight excluding hydrogens is 206 g/mol. The maximum absolute atomic E-state index is 5.54. The van der Waals surface area contributed by atoms with Crippen molar-refractivity contribution in [1.29, 1.82) is 0 Å². The van der Waals surface area contributed by atoms with Crippen LogP contribution in [0.1, 0.15) is 6.42 Å². The number of rotatable bonds is 6. The van der Waals surface area contributed by atoms with Crippen LogP contribution < -0.4 is 5.32 Å². The Labute approximate surface area is 95.2 Å². The fourth-order valence-electron chi connectivity index (χ4n) is 1.59. The van der Waals surface area contributed by atoms with Gasteiger partial charge in [-0.1, -0.05) is 0 Å². The molecule has 0 aromatic carbocycles. The Bertz CT molecular complexity index is 289. The molecular formula is C11H17N3O2. The highest BCUT2D eigenvalue weighted by atomic mass is 16.5. The van der Waals surface area contributed by atoms with Gasteiger partial charge in [-0.25, -0.2) is 9.97 Å². The van der Waals surface area contributed by atoms with Gasteiger partial charge in [-0.2, -0.15) is 0 Å². The molecule has 1 aromatic heterocycles. The molecule has 0 aliphatic carbocycles. The molecule has 5 nitrogen and oxygen atoms in total. The fourth-order valence-corrected chi connectivity index (χ4v) is 1.59. The highest BCUT2D eigenvalue weighted by molar-refractivity contribution is 5.21. The van der Waals surface area contributed by atoms with Crippen molar-refractivity contribution in [2.45, 2.75) is 6.42 Å². The molecule has 0 unspecified atom stereocenters. The van der Waals surface area contributed by atoms with Gasteiger partial charge in [-0.15, -0.1) is 0 Å². The SMILES string of the molecule is c1cnc(NCCOC[C@@H]2CCOC2)nc1. The maximum Gasteiger partial charge on any atom is 0.222 e. The average Bonchev–Trinajstić information content (AvgIpc) is 2.83. The summed E-state index contributed by atoms with van der Waals surface area (Å²) in [4.78, 5) is 8.11. The summed E-state index contributed by atoms with van der Waals surface area (Å²) < 4.78 is 10.8. The number of aromatic nitrogens is 2. The largest absolute Gasteiger partial charge is 0.381 e. The molecule has 0 spiro atoms. The van der Waals surface area contributed by atoms with Gasteiger partial charge in [0.05, 0.1) is 19.8 Å². The molecule has 1 saturated heterocycles. The van der Waals surface area contributed by atoms with Crippen LogP contribution in [0, 0.1) is 5.92 Å². The smallest absolute Gasteiger partial charge is 0.222 e. The van der Waals surface area contributed by atoms with Crippen molar-refractivity contribution in [3.05, 3.63) is 18.5 Å². The molecule has 0 amide bonds. The Morgan fingerprint density at radius 1 is 1.44 bits per heavy atom. The molecule has 2 rings (SSSR count). The second-order valence-corrected chi connectivity index (χ2v) is 3.80. The standard InChI is InChI=1S/C11H17N3O2/c1-3-12-11(13-4-1)14-5-7-16-9-10-2-6-15-8-10/h1,3-4,10H,2,5-9H2,(H,12,13,14)/t10-/m1/s1. The van der Waals surface area contributed by atoms with E-state index in [1.807, 2.05) is 0 Å². The van der Waals surface area contributed by atoms with Crippen LogP contribution in [0.15, 0.2) is 18.5 Å². The Morgan fingerprint density at radius 2 is 2.31 bits per heavy atom. The molecule has 1 N–H and O–H groups in total.